The lowest BCUT2D eigenvalue weighted by atomic mass is 10.1. The van der Waals surface area contributed by atoms with Gasteiger partial charge in [0.15, 0.2) is 0 Å². The maximum absolute atomic E-state index is 3.61. The van der Waals surface area contributed by atoms with E-state index in [1.165, 1.54) is 26.1 Å². The standard InChI is InChI=1S/C12H25BrN2/c1-5-11(6-13)8-15-7-10(2)12(9-15)14(3)4/h10-12H,5-9H2,1-4H3. The molecule has 3 unspecified atom stereocenters. The Bertz CT molecular complexity index is 178. The Labute approximate surface area is 103 Å². The second kappa shape index (κ2) is 6.21. The van der Waals surface area contributed by atoms with Crippen molar-refractivity contribution in [2.24, 2.45) is 11.8 Å². The lowest BCUT2D eigenvalue weighted by Gasteiger charge is -2.23. The van der Waals surface area contributed by atoms with Crippen LogP contribution in [0, 0.1) is 11.8 Å². The van der Waals surface area contributed by atoms with Gasteiger partial charge < -0.3 is 9.80 Å². The Balaban J connectivity index is 2.40. The van der Waals surface area contributed by atoms with Crippen LogP contribution in [0.15, 0.2) is 0 Å². The zero-order chi connectivity index (χ0) is 11.4. The molecule has 0 aromatic rings. The molecule has 1 aliphatic rings. The number of rotatable bonds is 5. The third-order valence-electron chi connectivity index (χ3n) is 3.62. The fraction of sp³-hybridized carbons (Fsp3) is 1.00. The first kappa shape index (κ1) is 13.5. The fourth-order valence-electron chi connectivity index (χ4n) is 2.52. The van der Waals surface area contributed by atoms with E-state index in [0.29, 0.717) is 0 Å². The molecular formula is C12H25BrN2. The monoisotopic (exact) mass is 276 g/mol. The molecular weight excluding hydrogens is 252 g/mol. The SMILES string of the molecule is CCC(CBr)CN1CC(C)C(N(C)C)C1. The molecule has 0 aromatic carbocycles. The Morgan fingerprint density at radius 3 is 2.47 bits per heavy atom. The van der Waals surface area contributed by atoms with E-state index in [1.807, 2.05) is 0 Å². The average molecular weight is 277 g/mol. The van der Waals surface area contributed by atoms with Crippen LogP contribution in [0.3, 0.4) is 0 Å². The van der Waals surface area contributed by atoms with Gasteiger partial charge in [-0.3, -0.25) is 0 Å². The van der Waals surface area contributed by atoms with Crippen LogP contribution in [0.4, 0.5) is 0 Å². The first-order chi connectivity index (χ1) is 7.08. The topological polar surface area (TPSA) is 6.48 Å². The second-order valence-corrected chi connectivity index (χ2v) is 5.80. The van der Waals surface area contributed by atoms with E-state index in [1.54, 1.807) is 0 Å². The normalized spacial score (nSPS) is 30.0. The molecule has 0 radical (unpaired) electrons. The zero-order valence-corrected chi connectivity index (χ0v) is 12.1. The number of halogens is 1. The fourth-order valence-corrected chi connectivity index (χ4v) is 3.18. The molecule has 0 amide bonds. The van der Waals surface area contributed by atoms with Gasteiger partial charge in [0.2, 0.25) is 0 Å². The molecule has 1 aliphatic heterocycles. The highest BCUT2D eigenvalue weighted by Gasteiger charge is 2.31. The molecule has 90 valence electrons. The number of nitrogens with zero attached hydrogens (tertiary/aromatic N) is 2. The van der Waals surface area contributed by atoms with Gasteiger partial charge in [0.05, 0.1) is 0 Å². The van der Waals surface area contributed by atoms with Gasteiger partial charge in [-0.15, -0.1) is 0 Å². The molecule has 1 heterocycles. The highest BCUT2D eigenvalue weighted by atomic mass is 79.9. The van der Waals surface area contributed by atoms with Gasteiger partial charge in [-0.2, -0.15) is 0 Å². The molecule has 0 saturated carbocycles. The van der Waals surface area contributed by atoms with Gasteiger partial charge in [-0.25, -0.2) is 0 Å². The minimum absolute atomic E-state index is 0.748. The quantitative estimate of drug-likeness (QED) is 0.711. The van der Waals surface area contributed by atoms with Crippen LogP contribution in [0.1, 0.15) is 20.3 Å². The van der Waals surface area contributed by atoms with Crippen molar-refractivity contribution in [3.8, 4) is 0 Å². The maximum atomic E-state index is 3.61. The number of likely N-dealkylation sites (tertiary alicyclic amines) is 1. The summed E-state index contributed by atoms with van der Waals surface area (Å²) >= 11 is 3.61. The maximum Gasteiger partial charge on any atom is 0.0254 e. The Kier molecular flexibility index (Phi) is 5.58. The minimum Gasteiger partial charge on any atom is -0.305 e. The van der Waals surface area contributed by atoms with E-state index in [9.17, 15) is 0 Å². The first-order valence-electron chi connectivity index (χ1n) is 6.03. The molecule has 0 spiro atoms. The molecule has 2 nitrogen and oxygen atoms in total. The van der Waals surface area contributed by atoms with Gasteiger partial charge in [0.1, 0.15) is 0 Å². The lowest BCUT2D eigenvalue weighted by molar-refractivity contribution is 0.241. The van der Waals surface area contributed by atoms with Crippen molar-refractivity contribution in [3.05, 3.63) is 0 Å². The highest BCUT2D eigenvalue weighted by Crippen LogP contribution is 2.21. The first-order valence-corrected chi connectivity index (χ1v) is 7.15. The van der Waals surface area contributed by atoms with Crippen LogP contribution < -0.4 is 0 Å². The predicted octanol–water partition coefficient (Wildman–Crippen LogP) is 2.29. The molecule has 3 heteroatoms. The van der Waals surface area contributed by atoms with Crippen molar-refractivity contribution in [2.75, 3.05) is 39.1 Å². The molecule has 1 fully saturated rings. The lowest BCUT2D eigenvalue weighted by Crippen LogP contribution is -2.35. The predicted molar refractivity (Wildman–Crippen MR) is 70.7 cm³/mol. The summed E-state index contributed by atoms with van der Waals surface area (Å²) in [5.41, 5.74) is 0. The Morgan fingerprint density at radius 2 is 2.07 bits per heavy atom. The molecule has 0 bridgehead atoms. The van der Waals surface area contributed by atoms with E-state index in [-0.39, 0.29) is 0 Å². The number of alkyl halides is 1. The van der Waals surface area contributed by atoms with Crippen molar-refractivity contribution in [3.63, 3.8) is 0 Å². The molecule has 0 aliphatic carbocycles. The summed E-state index contributed by atoms with van der Waals surface area (Å²) in [5.74, 6) is 1.63. The van der Waals surface area contributed by atoms with Gasteiger partial charge >= 0.3 is 0 Å². The number of hydrogen-bond acceptors (Lipinski definition) is 2. The van der Waals surface area contributed by atoms with Crippen LogP contribution in [-0.2, 0) is 0 Å². The third-order valence-corrected chi connectivity index (χ3v) is 4.54. The molecule has 0 aromatic heterocycles. The summed E-state index contributed by atoms with van der Waals surface area (Å²) < 4.78 is 0. The largest absolute Gasteiger partial charge is 0.305 e. The molecule has 3 atom stereocenters. The Morgan fingerprint density at radius 1 is 1.40 bits per heavy atom. The molecule has 15 heavy (non-hydrogen) atoms. The second-order valence-electron chi connectivity index (χ2n) is 5.16. The van der Waals surface area contributed by atoms with Gasteiger partial charge in [-0.1, -0.05) is 36.2 Å². The number of likely N-dealkylation sites (N-methyl/N-ethyl adjacent to an activating group) is 1. The van der Waals surface area contributed by atoms with E-state index < -0.39 is 0 Å². The van der Waals surface area contributed by atoms with Crippen molar-refractivity contribution in [2.45, 2.75) is 26.3 Å². The van der Waals surface area contributed by atoms with Crippen molar-refractivity contribution < 1.29 is 0 Å². The van der Waals surface area contributed by atoms with Gasteiger partial charge in [0, 0.05) is 31.0 Å². The van der Waals surface area contributed by atoms with Crippen molar-refractivity contribution >= 4 is 15.9 Å². The third kappa shape index (κ3) is 3.72. The van der Waals surface area contributed by atoms with Gasteiger partial charge in [0.25, 0.3) is 0 Å². The van der Waals surface area contributed by atoms with Crippen LogP contribution in [-0.4, -0.2) is 54.9 Å². The summed E-state index contributed by atoms with van der Waals surface area (Å²) in [5, 5.41) is 1.14. The zero-order valence-electron chi connectivity index (χ0n) is 10.5. The Hall–Kier alpha value is 0.400. The molecule has 1 saturated heterocycles. The summed E-state index contributed by atoms with van der Waals surface area (Å²) in [6, 6.07) is 0.748. The summed E-state index contributed by atoms with van der Waals surface area (Å²) in [6.45, 7) is 8.44. The highest BCUT2D eigenvalue weighted by molar-refractivity contribution is 9.09. The summed E-state index contributed by atoms with van der Waals surface area (Å²) in [7, 11) is 4.40. The smallest absolute Gasteiger partial charge is 0.0254 e. The van der Waals surface area contributed by atoms with Crippen LogP contribution in [0.25, 0.3) is 0 Å². The van der Waals surface area contributed by atoms with E-state index in [4.69, 9.17) is 0 Å². The van der Waals surface area contributed by atoms with E-state index in [2.05, 4.69) is 53.7 Å². The van der Waals surface area contributed by atoms with Crippen molar-refractivity contribution in [1.29, 1.82) is 0 Å². The van der Waals surface area contributed by atoms with Crippen LogP contribution in [0.5, 0.6) is 0 Å². The average Bonchev–Trinajstić information content (AvgIpc) is 2.56. The minimum atomic E-state index is 0.748. The molecule has 0 N–H and O–H groups in total. The van der Waals surface area contributed by atoms with Crippen LogP contribution >= 0.6 is 15.9 Å². The van der Waals surface area contributed by atoms with E-state index in [0.717, 1.165) is 23.2 Å². The number of hydrogen-bond donors (Lipinski definition) is 0. The van der Waals surface area contributed by atoms with E-state index >= 15 is 0 Å². The van der Waals surface area contributed by atoms with Gasteiger partial charge in [-0.05, 0) is 25.9 Å². The van der Waals surface area contributed by atoms with Crippen molar-refractivity contribution in [1.82, 2.24) is 9.80 Å². The summed E-state index contributed by atoms with van der Waals surface area (Å²) in [6.07, 6.45) is 1.28. The van der Waals surface area contributed by atoms with Crippen LogP contribution in [0.2, 0.25) is 0 Å². The molecule has 1 rings (SSSR count). The summed E-state index contributed by atoms with van der Waals surface area (Å²) in [4.78, 5) is 5.00.